The normalized spacial score (nSPS) is 27.8. The van der Waals surface area contributed by atoms with E-state index in [9.17, 15) is 34.5 Å². The maximum Gasteiger partial charge on any atom is 0.330 e. The van der Waals surface area contributed by atoms with E-state index in [4.69, 9.17) is 9.47 Å². The second-order valence-corrected chi connectivity index (χ2v) is 13.6. The van der Waals surface area contributed by atoms with Crippen LogP contribution in [-0.2, 0) is 28.7 Å². The Kier molecular flexibility index (Phi) is 14.3. The van der Waals surface area contributed by atoms with Gasteiger partial charge in [-0.15, -0.1) is 0 Å². The maximum atomic E-state index is 12.7. The fourth-order valence-electron chi connectivity index (χ4n) is 4.85. The monoisotopic (exact) mass is 640 g/mol. The summed E-state index contributed by atoms with van der Waals surface area (Å²) in [6.07, 6.45) is 4.87. The van der Waals surface area contributed by atoms with Gasteiger partial charge < -0.3 is 35.4 Å². The van der Waals surface area contributed by atoms with E-state index in [0.717, 1.165) is 31.0 Å². The van der Waals surface area contributed by atoms with Crippen LogP contribution in [0.3, 0.4) is 0 Å². The van der Waals surface area contributed by atoms with Crippen LogP contribution in [0.15, 0.2) is 34.9 Å². The lowest BCUT2D eigenvalue weighted by molar-refractivity contribution is -0.163. The van der Waals surface area contributed by atoms with Crippen molar-refractivity contribution in [3.63, 3.8) is 0 Å². The number of amides is 2. The van der Waals surface area contributed by atoms with E-state index in [1.807, 2.05) is 18.4 Å². The van der Waals surface area contributed by atoms with Gasteiger partial charge in [0.25, 0.3) is 0 Å². The molecule has 3 aliphatic heterocycles. The second-order valence-electron chi connectivity index (χ2n) is 11.4. The van der Waals surface area contributed by atoms with Gasteiger partial charge in [-0.25, -0.2) is 4.79 Å². The Labute approximate surface area is 260 Å². The molecule has 43 heavy (non-hydrogen) atoms. The molecule has 0 radical (unpaired) electrons. The molecule has 0 saturated carbocycles. The van der Waals surface area contributed by atoms with Gasteiger partial charge in [-0.1, -0.05) is 59.9 Å². The van der Waals surface area contributed by atoms with Crippen LogP contribution in [0.25, 0.3) is 0 Å². The van der Waals surface area contributed by atoms with Gasteiger partial charge in [-0.3, -0.25) is 14.4 Å². The Morgan fingerprint density at radius 3 is 2.65 bits per heavy atom. The van der Waals surface area contributed by atoms with Gasteiger partial charge in [0.1, 0.15) is 24.4 Å². The van der Waals surface area contributed by atoms with E-state index >= 15 is 0 Å². The highest BCUT2D eigenvalue weighted by atomic mass is 33.1. The second kappa shape index (κ2) is 17.4. The van der Waals surface area contributed by atoms with E-state index in [0.29, 0.717) is 25.7 Å². The molecule has 0 bridgehead atoms. The van der Waals surface area contributed by atoms with Crippen molar-refractivity contribution in [1.82, 2.24) is 10.6 Å². The number of rotatable bonds is 16. The van der Waals surface area contributed by atoms with E-state index < -0.39 is 48.1 Å². The van der Waals surface area contributed by atoms with Crippen LogP contribution >= 0.6 is 21.6 Å². The zero-order chi connectivity index (χ0) is 31.5. The molecule has 8 atom stereocenters. The number of unbranched alkanes of at least 4 members (excludes halogenated alkanes) is 4. The summed E-state index contributed by atoms with van der Waals surface area (Å²) in [7, 11) is 3.12. The van der Waals surface area contributed by atoms with Crippen LogP contribution in [0.4, 0.5) is 0 Å². The topological polar surface area (TPSA) is 171 Å². The van der Waals surface area contributed by atoms with Crippen molar-refractivity contribution in [3.05, 3.63) is 34.9 Å². The Morgan fingerprint density at radius 1 is 1.19 bits per heavy atom. The average molecular weight is 641 g/mol. The first-order chi connectivity index (χ1) is 20.5. The molecule has 11 nitrogen and oxygen atoms in total. The van der Waals surface area contributed by atoms with Crippen molar-refractivity contribution in [2.45, 2.75) is 101 Å². The third-order valence-electron chi connectivity index (χ3n) is 7.85. The van der Waals surface area contributed by atoms with Crippen LogP contribution < -0.4 is 10.6 Å². The maximum absolute atomic E-state index is 12.7. The Bertz CT molecular complexity index is 1090. The summed E-state index contributed by atoms with van der Waals surface area (Å²) >= 11 is 0. The highest BCUT2D eigenvalue weighted by molar-refractivity contribution is 8.78. The Hall–Kier alpha value is -2.16. The summed E-state index contributed by atoms with van der Waals surface area (Å²) in [5.41, 5.74) is 1.06. The minimum absolute atomic E-state index is 0.0421. The Balaban J connectivity index is 1.27. The molecule has 3 rings (SSSR count). The summed E-state index contributed by atoms with van der Waals surface area (Å²) in [5, 5.41) is 38.1. The van der Waals surface area contributed by atoms with Gasteiger partial charge in [0.2, 0.25) is 11.8 Å². The fourth-order valence-corrected chi connectivity index (χ4v) is 7.44. The largest absolute Gasteiger partial charge is 0.463 e. The fraction of sp³-hybridized carbons (Fsp3) is 0.667. The molecule has 0 aromatic rings. The number of aliphatic hydroxyl groups excluding tert-OH is 3. The molecule has 0 aromatic heterocycles. The summed E-state index contributed by atoms with van der Waals surface area (Å²) in [4.78, 5) is 49.2. The van der Waals surface area contributed by atoms with E-state index in [-0.39, 0.29) is 41.8 Å². The van der Waals surface area contributed by atoms with E-state index in [1.165, 1.54) is 6.92 Å². The number of carbonyl (C=O) groups excluding carboxylic acids is 4. The summed E-state index contributed by atoms with van der Waals surface area (Å²) < 4.78 is 10.8. The van der Waals surface area contributed by atoms with Crippen molar-refractivity contribution in [3.8, 4) is 0 Å². The molecule has 3 aliphatic rings. The number of carbonyl (C=O) groups is 4. The highest BCUT2D eigenvalue weighted by Gasteiger charge is 2.43. The first-order valence-electron chi connectivity index (χ1n) is 14.8. The van der Waals surface area contributed by atoms with Gasteiger partial charge in [-0.2, -0.15) is 0 Å². The number of aliphatic hydroxyl groups is 3. The molecule has 2 amide bonds. The highest BCUT2D eigenvalue weighted by Crippen LogP contribution is 2.43. The average Bonchev–Trinajstić information content (AvgIpc) is 3.53. The number of allylic oxidation sites excluding steroid dienone is 1. The van der Waals surface area contributed by atoms with Gasteiger partial charge in [0.15, 0.2) is 5.78 Å². The molecule has 240 valence electrons. The third kappa shape index (κ3) is 10.5. The molecule has 0 spiro atoms. The van der Waals surface area contributed by atoms with Crippen molar-refractivity contribution in [2.75, 3.05) is 13.2 Å². The van der Waals surface area contributed by atoms with Crippen LogP contribution in [0.2, 0.25) is 0 Å². The first-order valence-corrected chi connectivity index (χ1v) is 17.1. The van der Waals surface area contributed by atoms with Crippen molar-refractivity contribution in [2.24, 2.45) is 11.8 Å². The van der Waals surface area contributed by atoms with Crippen LogP contribution in [-0.4, -0.2) is 87.8 Å². The number of nitrogens with one attached hydrogen (secondary N) is 2. The zero-order valence-corrected chi connectivity index (χ0v) is 26.5. The van der Waals surface area contributed by atoms with Gasteiger partial charge in [0, 0.05) is 29.5 Å². The Morgan fingerprint density at radius 2 is 1.91 bits per heavy atom. The lowest BCUT2D eigenvalue weighted by Crippen LogP contribution is -2.51. The summed E-state index contributed by atoms with van der Waals surface area (Å²) in [5.74, 6) is -2.10. The smallest absolute Gasteiger partial charge is 0.330 e. The van der Waals surface area contributed by atoms with Crippen molar-refractivity contribution in [1.29, 1.82) is 0 Å². The molecule has 2 saturated heterocycles. The molecule has 2 fully saturated rings. The first kappa shape index (κ1) is 35.3. The number of ether oxygens (including phenoxy) is 2. The molecule has 13 heteroatoms. The third-order valence-corrected chi connectivity index (χ3v) is 10.3. The molecule has 0 aliphatic carbocycles. The van der Waals surface area contributed by atoms with Gasteiger partial charge in [-0.05, 0) is 44.6 Å². The number of fused-ring (bicyclic) bond motifs is 1. The van der Waals surface area contributed by atoms with E-state index in [2.05, 4.69) is 10.6 Å². The number of esters is 1. The van der Waals surface area contributed by atoms with E-state index in [1.54, 1.807) is 34.6 Å². The molecular formula is C30H44N2O9S2. The number of Topliss-reactive ketones (excluding diaryl/α,β-unsaturated/α-hetero) is 1. The van der Waals surface area contributed by atoms with Crippen LogP contribution in [0.1, 0.15) is 65.7 Å². The minimum atomic E-state index is -1.39. The van der Waals surface area contributed by atoms with Gasteiger partial charge >= 0.3 is 5.97 Å². The number of ketones is 1. The van der Waals surface area contributed by atoms with Crippen LogP contribution in [0, 0.1) is 11.8 Å². The number of hydrogen-bond donors (Lipinski definition) is 5. The molecule has 3 heterocycles. The zero-order valence-electron chi connectivity index (χ0n) is 24.9. The number of hydrogen-bond acceptors (Lipinski definition) is 11. The predicted molar refractivity (Wildman–Crippen MR) is 164 cm³/mol. The minimum Gasteiger partial charge on any atom is -0.463 e. The van der Waals surface area contributed by atoms with Gasteiger partial charge in [0.05, 0.1) is 24.6 Å². The molecule has 5 N–H and O–H groups in total. The standard InChI is InChI=1S/C30H44N2O9S2/c1-17(19(3)33)10-9-11-20-15-41-28(27(38)26(20)37)25(36)18(2)14-23(35)40-13-8-6-4-5-7-12-22(34)32-24-29-21(16-42-43-29)31-30(24)39/h9-10,14,16-17,19-20,24-26,28-29,33,36-37H,4-8,11-13,15H2,1-3H3,(H,31,39)(H,32,34)/b10-9+,18-14+/t17-,19+,20-,24?,25-,26+,28+,29?/m1/s1. The lowest BCUT2D eigenvalue weighted by atomic mass is 9.87. The molecule has 0 aromatic carbocycles. The van der Waals surface area contributed by atoms with Crippen LogP contribution in [0.5, 0.6) is 0 Å². The molecule has 2 unspecified atom stereocenters. The molecular weight excluding hydrogens is 596 g/mol. The quantitative estimate of drug-likeness (QED) is 0.0551. The summed E-state index contributed by atoms with van der Waals surface area (Å²) in [6, 6.07) is -0.522. The van der Waals surface area contributed by atoms with Crippen molar-refractivity contribution < 1.29 is 44.0 Å². The lowest BCUT2D eigenvalue weighted by Gasteiger charge is -2.34. The summed E-state index contributed by atoms with van der Waals surface area (Å²) in [6.45, 7) is 5.31. The van der Waals surface area contributed by atoms with Crippen molar-refractivity contribution >= 4 is 45.2 Å². The predicted octanol–water partition coefficient (Wildman–Crippen LogP) is 2.31. The SMILES string of the molecule is C/C(=C\C(=O)OCCCCCCCC(=O)NC1C(=O)NC2=CSSC21)[C@@H](O)[C@@H]1OC[C@@H](C/C=C/[C@@H](C)[C@H](C)O)[C@H](O)C1=O.